The molecule has 176 valence electrons. The summed E-state index contributed by atoms with van der Waals surface area (Å²) in [6, 6.07) is 8.46. The van der Waals surface area contributed by atoms with Crippen LogP contribution in [0.3, 0.4) is 0 Å². The first kappa shape index (κ1) is 23.9. The number of thiophene rings is 1. The fourth-order valence-electron chi connectivity index (χ4n) is 5.04. The average Bonchev–Trinajstić information content (AvgIpc) is 3.16. The Morgan fingerprint density at radius 1 is 1.18 bits per heavy atom. The van der Waals surface area contributed by atoms with Crippen molar-refractivity contribution in [2.45, 2.75) is 76.2 Å². The minimum absolute atomic E-state index is 0.0497. The fraction of sp³-hybridized carbons (Fsp3) is 0.520. The molecule has 1 heterocycles. The van der Waals surface area contributed by atoms with Crippen LogP contribution in [0.25, 0.3) is 0 Å². The van der Waals surface area contributed by atoms with Crippen molar-refractivity contribution in [3.63, 3.8) is 0 Å². The zero-order valence-corrected chi connectivity index (χ0v) is 20.9. The summed E-state index contributed by atoms with van der Waals surface area (Å²) in [7, 11) is -3.61. The molecule has 0 aliphatic heterocycles. The Bertz CT molecular complexity index is 1160. The molecule has 33 heavy (non-hydrogen) atoms. The molecule has 0 saturated heterocycles. The Balaban J connectivity index is 1.51. The summed E-state index contributed by atoms with van der Waals surface area (Å²) in [5, 5.41) is 13.1. The van der Waals surface area contributed by atoms with E-state index in [1.54, 1.807) is 16.4 Å². The number of benzene rings is 1. The van der Waals surface area contributed by atoms with E-state index in [0.29, 0.717) is 28.6 Å². The molecule has 2 aliphatic carbocycles. The highest BCUT2D eigenvalue weighted by atomic mass is 32.2. The smallest absolute Gasteiger partial charge is 0.256 e. The second-order valence-electron chi connectivity index (χ2n) is 9.15. The number of hydrogen-bond acceptors (Lipinski definition) is 5. The second kappa shape index (κ2) is 9.96. The third-order valence-corrected chi connectivity index (χ3v) is 10.1. The molecule has 0 radical (unpaired) electrons. The van der Waals surface area contributed by atoms with E-state index in [2.05, 4.69) is 18.3 Å². The molecular formula is C25H31N3O3S2. The van der Waals surface area contributed by atoms with Gasteiger partial charge in [-0.1, -0.05) is 33.1 Å². The second-order valence-corrected chi connectivity index (χ2v) is 12.1. The van der Waals surface area contributed by atoms with Gasteiger partial charge >= 0.3 is 0 Å². The molecule has 6 nitrogen and oxygen atoms in total. The molecule has 2 aliphatic rings. The monoisotopic (exact) mass is 485 g/mol. The van der Waals surface area contributed by atoms with Crippen LogP contribution in [0.1, 0.15) is 78.7 Å². The molecule has 0 spiro atoms. The Morgan fingerprint density at radius 3 is 2.52 bits per heavy atom. The number of carbonyl (C=O) groups is 1. The van der Waals surface area contributed by atoms with E-state index in [1.165, 1.54) is 28.3 Å². The van der Waals surface area contributed by atoms with E-state index in [-0.39, 0.29) is 16.8 Å². The van der Waals surface area contributed by atoms with Crippen molar-refractivity contribution in [1.82, 2.24) is 4.31 Å². The third-order valence-electron chi connectivity index (χ3n) is 6.87. The largest absolute Gasteiger partial charge is 0.312 e. The Labute approximate surface area is 200 Å². The van der Waals surface area contributed by atoms with Crippen LogP contribution in [0.2, 0.25) is 0 Å². The number of nitrogens with one attached hydrogen (secondary N) is 1. The molecule has 1 aromatic carbocycles. The maximum Gasteiger partial charge on any atom is 0.256 e. The van der Waals surface area contributed by atoms with Gasteiger partial charge in [0, 0.05) is 23.0 Å². The Kier molecular flexibility index (Phi) is 7.22. The first-order valence-electron chi connectivity index (χ1n) is 11.8. The topological polar surface area (TPSA) is 90.3 Å². The van der Waals surface area contributed by atoms with E-state index < -0.39 is 10.0 Å². The highest BCUT2D eigenvalue weighted by molar-refractivity contribution is 7.89. The SMILES string of the molecule is CCN(C1CCCCC1)S(=O)(=O)c1ccc(C(=O)Nc2sc3c(c2C#N)CCC(C)C3)cc1. The van der Waals surface area contributed by atoms with Crippen molar-refractivity contribution in [2.24, 2.45) is 5.92 Å². The van der Waals surface area contributed by atoms with E-state index in [1.807, 2.05) is 6.92 Å². The first-order chi connectivity index (χ1) is 15.8. The lowest BCUT2D eigenvalue weighted by Gasteiger charge is -2.32. The van der Waals surface area contributed by atoms with E-state index in [0.717, 1.165) is 56.9 Å². The number of nitrogens with zero attached hydrogens (tertiary/aromatic N) is 2. The number of nitriles is 1. The number of rotatable bonds is 6. The van der Waals surface area contributed by atoms with Crippen molar-refractivity contribution in [2.75, 3.05) is 11.9 Å². The number of amides is 1. The number of anilines is 1. The molecule has 1 aromatic heterocycles. The lowest BCUT2D eigenvalue weighted by molar-refractivity contribution is 0.102. The van der Waals surface area contributed by atoms with Crippen LogP contribution in [-0.4, -0.2) is 31.2 Å². The van der Waals surface area contributed by atoms with Gasteiger partial charge in [-0.2, -0.15) is 9.57 Å². The molecule has 1 fully saturated rings. The number of carbonyl (C=O) groups excluding carboxylic acids is 1. The summed E-state index contributed by atoms with van der Waals surface area (Å²) in [6.07, 6.45) is 7.95. The van der Waals surface area contributed by atoms with Gasteiger partial charge in [0.25, 0.3) is 5.91 Å². The first-order valence-corrected chi connectivity index (χ1v) is 14.1. The zero-order chi connectivity index (χ0) is 23.6. The molecule has 1 N–H and O–H groups in total. The van der Waals surface area contributed by atoms with Crippen LogP contribution >= 0.6 is 11.3 Å². The highest BCUT2D eigenvalue weighted by Gasteiger charge is 2.31. The van der Waals surface area contributed by atoms with Gasteiger partial charge in [0.15, 0.2) is 0 Å². The molecule has 1 amide bonds. The van der Waals surface area contributed by atoms with Gasteiger partial charge in [-0.25, -0.2) is 8.42 Å². The van der Waals surface area contributed by atoms with Crippen LogP contribution < -0.4 is 5.32 Å². The zero-order valence-electron chi connectivity index (χ0n) is 19.3. The van der Waals surface area contributed by atoms with Crippen LogP contribution in [0.4, 0.5) is 5.00 Å². The van der Waals surface area contributed by atoms with Gasteiger partial charge in [0.2, 0.25) is 10.0 Å². The molecule has 0 bridgehead atoms. The van der Waals surface area contributed by atoms with Crippen molar-refractivity contribution in [1.29, 1.82) is 5.26 Å². The molecule has 1 saturated carbocycles. The minimum Gasteiger partial charge on any atom is -0.312 e. The molecule has 4 rings (SSSR count). The molecule has 1 unspecified atom stereocenters. The van der Waals surface area contributed by atoms with Crippen LogP contribution in [0, 0.1) is 17.2 Å². The van der Waals surface area contributed by atoms with Gasteiger partial charge in [-0.15, -0.1) is 11.3 Å². The number of hydrogen-bond donors (Lipinski definition) is 1. The number of fused-ring (bicyclic) bond motifs is 1. The maximum absolute atomic E-state index is 13.2. The summed E-state index contributed by atoms with van der Waals surface area (Å²) >= 11 is 1.49. The normalized spacial score (nSPS) is 19.2. The van der Waals surface area contributed by atoms with E-state index >= 15 is 0 Å². The highest BCUT2D eigenvalue weighted by Crippen LogP contribution is 2.39. The van der Waals surface area contributed by atoms with E-state index in [9.17, 15) is 18.5 Å². The average molecular weight is 486 g/mol. The summed E-state index contributed by atoms with van der Waals surface area (Å²) in [5.74, 6) is 0.249. The third kappa shape index (κ3) is 4.86. The van der Waals surface area contributed by atoms with E-state index in [4.69, 9.17) is 0 Å². The Morgan fingerprint density at radius 2 is 1.88 bits per heavy atom. The van der Waals surface area contributed by atoms with Gasteiger partial charge in [0.05, 0.1) is 10.5 Å². The summed E-state index contributed by atoms with van der Waals surface area (Å²) in [4.78, 5) is 14.3. The van der Waals surface area contributed by atoms with Crippen molar-refractivity contribution < 1.29 is 13.2 Å². The predicted octanol–water partition coefficient (Wildman–Crippen LogP) is 5.34. The molecule has 1 atom stereocenters. The lowest BCUT2D eigenvalue weighted by Crippen LogP contribution is -2.41. The van der Waals surface area contributed by atoms with Gasteiger partial charge in [-0.05, 0) is 67.9 Å². The lowest BCUT2D eigenvalue weighted by atomic mass is 9.88. The van der Waals surface area contributed by atoms with Crippen LogP contribution in [0.5, 0.6) is 0 Å². The van der Waals surface area contributed by atoms with Crippen molar-refractivity contribution >= 4 is 32.3 Å². The summed E-state index contributed by atoms with van der Waals surface area (Å²) in [6.45, 7) is 4.52. The Hall–Kier alpha value is -2.21. The summed E-state index contributed by atoms with van der Waals surface area (Å²) < 4.78 is 28.1. The molecule has 8 heteroatoms. The molecular weight excluding hydrogens is 454 g/mol. The van der Waals surface area contributed by atoms with Gasteiger partial charge in [0.1, 0.15) is 11.1 Å². The summed E-state index contributed by atoms with van der Waals surface area (Å²) in [5.41, 5.74) is 2.01. The number of sulfonamides is 1. The fourth-order valence-corrected chi connectivity index (χ4v) is 8.09. The van der Waals surface area contributed by atoms with Gasteiger partial charge in [-0.3, -0.25) is 4.79 Å². The minimum atomic E-state index is -3.61. The molecule has 2 aromatic rings. The van der Waals surface area contributed by atoms with Crippen molar-refractivity contribution in [3.05, 3.63) is 45.8 Å². The standard InChI is InChI=1S/C25H31N3O3S2/c1-3-28(19-7-5-4-6-8-19)33(30,31)20-12-10-18(11-13-20)24(29)27-25-22(16-26)21-14-9-17(2)15-23(21)32-25/h10-13,17,19H,3-9,14-15H2,1-2H3,(H,27,29). The van der Waals surface area contributed by atoms with Crippen LogP contribution in [0.15, 0.2) is 29.2 Å². The quantitative estimate of drug-likeness (QED) is 0.598. The van der Waals surface area contributed by atoms with Gasteiger partial charge < -0.3 is 5.32 Å². The van der Waals surface area contributed by atoms with Crippen LogP contribution in [-0.2, 0) is 22.9 Å². The predicted molar refractivity (Wildman–Crippen MR) is 131 cm³/mol. The maximum atomic E-state index is 13.2. The van der Waals surface area contributed by atoms with Crippen molar-refractivity contribution in [3.8, 4) is 6.07 Å².